The van der Waals surface area contributed by atoms with Crippen LogP contribution in [0.3, 0.4) is 0 Å². The van der Waals surface area contributed by atoms with Gasteiger partial charge in [-0.1, -0.05) is 35.9 Å². The molecule has 1 unspecified atom stereocenters. The van der Waals surface area contributed by atoms with Crippen molar-refractivity contribution in [2.45, 2.75) is 11.5 Å². The van der Waals surface area contributed by atoms with Gasteiger partial charge in [0.25, 0.3) is 0 Å². The van der Waals surface area contributed by atoms with E-state index in [1.165, 1.54) is 7.11 Å². The lowest BCUT2D eigenvalue weighted by atomic mass is 10.1. The van der Waals surface area contributed by atoms with Crippen LogP contribution in [-0.4, -0.2) is 11.3 Å². The van der Waals surface area contributed by atoms with Gasteiger partial charge in [-0.25, -0.2) is 0 Å². The van der Waals surface area contributed by atoms with E-state index >= 15 is 0 Å². The van der Waals surface area contributed by atoms with Crippen LogP contribution in [0.1, 0.15) is 16.7 Å². The first-order valence-corrected chi connectivity index (χ1v) is 8.16. The minimum atomic E-state index is -1.09. The maximum atomic E-state index is 12.2. The Bertz CT molecular complexity index is 710. The Labute approximate surface area is 131 Å². The number of hydrogen-bond donors (Lipinski definition) is 0. The standard InChI is InChI=1S/C16H14ClNO2S/c1-20-16-7-6-12(8-14(16)9-18)10-21(19)11-13-4-2-3-5-15(13)17/h2-8H,10-11H2,1H3. The van der Waals surface area contributed by atoms with Crippen LogP contribution in [0, 0.1) is 11.3 Å². The van der Waals surface area contributed by atoms with Gasteiger partial charge in [-0.3, -0.25) is 4.21 Å². The molecule has 0 fully saturated rings. The van der Waals surface area contributed by atoms with Gasteiger partial charge < -0.3 is 4.74 Å². The first kappa shape index (κ1) is 15.6. The van der Waals surface area contributed by atoms with Gasteiger partial charge in [-0.15, -0.1) is 0 Å². The molecule has 2 aromatic carbocycles. The van der Waals surface area contributed by atoms with Crippen molar-refractivity contribution in [3.63, 3.8) is 0 Å². The predicted molar refractivity (Wildman–Crippen MR) is 84.7 cm³/mol. The van der Waals surface area contributed by atoms with Crippen LogP contribution in [0.5, 0.6) is 5.75 Å². The summed E-state index contributed by atoms with van der Waals surface area (Å²) in [6, 6.07) is 14.7. The normalized spacial score (nSPS) is 11.7. The van der Waals surface area contributed by atoms with Crippen LogP contribution < -0.4 is 4.74 Å². The fraction of sp³-hybridized carbons (Fsp3) is 0.188. The van der Waals surface area contributed by atoms with Crippen molar-refractivity contribution in [3.8, 4) is 11.8 Å². The molecule has 2 aromatic rings. The molecular weight excluding hydrogens is 306 g/mol. The SMILES string of the molecule is COc1ccc(CS(=O)Cc2ccccc2Cl)cc1C#N. The smallest absolute Gasteiger partial charge is 0.136 e. The molecule has 0 saturated heterocycles. The summed E-state index contributed by atoms with van der Waals surface area (Å²) in [6.45, 7) is 0. The number of halogens is 1. The molecule has 0 amide bonds. The molecule has 3 nitrogen and oxygen atoms in total. The molecule has 0 aromatic heterocycles. The van der Waals surface area contributed by atoms with E-state index in [1.54, 1.807) is 18.2 Å². The third-order valence-electron chi connectivity index (χ3n) is 2.99. The molecule has 0 aliphatic carbocycles. The molecule has 0 radical (unpaired) electrons. The van der Waals surface area contributed by atoms with Crippen LogP contribution in [-0.2, 0) is 22.3 Å². The van der Waals surface area contributed by atoms with Gasteiger partial charge in [0.15, 0.2) is 0 Å². The van der Waals surface area contributed by atoms with Gasteiger partial charge in [0.05, 0.1) is 18.4 Å². The van der Waals surface area contributed by atoms with Gasteiger partial charge in [0.2, 0.25) is 0 Å². The average molecular weight is 320 g/mol. The Morgan fingerprint density at radius 1 is 1.24 bits per heavy atom. The lowest BCUT2D eigenvalue weighted by Gasteiger charge is -2.07. The quantitative estimate of drug-likeness (QED) is 0.845. The molecule has 0 heterocycles. The van der Waals surface area contributed by atoms with Crippen molar-refractivity contribution in [1.82, 2.24) is 0 Å². The summed E-state index contributed by atoms with van der Waals surface area (Å²) in [5, 5.41) is 9.68. The second-order valence-electron chi connectivity index (χ2n) is 4.47. The van der Waals surface area contributed by atoms with E-state index in [0.29, 0.717) is 27.8 Å². The zero-order chi connectivity index (χ0) is 15.2. The zero-order valence-corrected chi connectivity index (χ0v) is 13.1. The van der Waals surface area contributed by atoms with E-state index in [1.807, 2.05) is 24.3 Å². The van der Waals surface area contributed by atoms with Crippen molar-refractivity contribution in [3.05, 3.63) is 64.2 Å². The van der Waals surface area contributed by atoms with Crippen molar-refractivity contribution in [2.75, 3.05) is 7.11 Å². The molecule has 2 rings (SSSR count). The largest absolute Gasteiger partial charge is 0.495 e. The van der Waals surface area contributed by atoms with E-state index in [-0.39, 0.29) is 0 Å². The van der Waals surface area contributed by atoms with E-state index < -0.39 is 10.8 Å². The third-order valence-corrected chi connectivity index (χ3v) is 4.64. The molecule has 108 valence electrons. The minimum Gasteiger partial charge on any atom is -0.495 e. The third kappa shape index (κ3) is 4.07. The molecule has 0 aliphatic rings. The predicted octanol–water partition coefficient (Wildman–Crippen LogP) is 3.67. The highest BCUT2D eigenvalue weighted by atomic mass is 35.5. The highest BCUT2D eigenvalue weighted by molar-refractivity contribution is 7.83. The second kappa shape index (κ2) is 7.26. The molecule has 0 spiro atoms. The van der Waals surface area contributed by atoms with Crippen molar-refractivity contribution < 1.29 is 8.95 Å². The van der Waals surface area contributed by atoms with Crippen molar-refractivity contribution >= 4 is 22.4 Å². The number of rotatable bonds is 5. The molecule has 21 heavy (non-hydrogen) atoms. The molecule has 0 bridgehead atoms. The number of hydrogen-bond acceptors (Lipinski definition) is 3. The molecule has 0 aliphatic heterocycles. The Morgan fingerprint density at radius 2 is 2.00 bits per heavy atom. The number of nitriles is 1. The summed E-state index contributed by atoms with van der Waals surface area (Å²) in [4.78, 5) is 0. The van der Waals surface area contributed by atoms with Gasteiger partial charge in [0, 0.05) is 21.6 Å². The first-order valence-electron chi connectivity index (χ1n) is 6.29. The molecule has 0 N–H and O–H groups in total. The van der Waals surface area contributed by atoms with Gasteiger partial charge >= 0.3 is 0 Å². The van der Waals surface area contributed by atoms with Crippen molar-refractivity contribution in [2.24, 2.45) is 0 Å². The highest BCUT2D eigenvalue weighted by Crippen LogP contribution is 2.21. The zero-order valence-electron chi connectivity index (χ0n) is 11.5. The molecule has 5 heteroatoms. The summed E-state index contributed by atoms with van der Waals surface area (Å²) >= 11 is 6.06. The second-order valence-corrected chi connectivity index (χ2v) is 6.33. The van der Waals surface area contributed by atoms with Crippen LogP contribution in [0.15, 0.2) is 42.5 Å². The fourth-order valence-corrected chi connectivity index (χ4v) is 3.49. The van der Waals surface area contributed by atoms with Crippen LogP contribution in [0.2, 0.25) is 5.02 Å². The lowest BCUT2D eigenvalue weighted by molar-refractivity contribution is 0.413. The Hall–Kier alpha value is -1.83. The number of benzene rings is 2. The first-order chi connectivity index (χ1) is 10.1. The summed E-state index contributed by atoms with van der Waals surface area (Å²) in [5.74, 6) is 1.30. The Balaban J connectivity index is 2.10. The summed E-state index contributed by atoms with van der Waals surface area (Å²) < 4.78 is 17.3. The molecular formula is C16H14ClNO2S. The van der Waals surface area contributed by atoms with Gasteiger partial charge in [0.1, 0.15) is 11.8 Å². The number of ether oxygens (including phenoxy) is 1. The average Bonchev–Trinajstić information content (AvgIpc) is 2.49. The summed E-state index contributed by atoms with van der Waals surface area (Å²) in [7, 11) is 0.434. The maximum absolute atomic E-state index is 12.2. The number of nitrogens with zero attached hydrogens (tertiary/aromatic N) is 1. The highest BCUT2D eigenvalue weighted by Gasteiger charge is 2.09. The summed E-state index contributed by atoms with van der Waals surface area (Å²) in [5.41, 5.74) is 2.16. The van der Waals surface area contributed by atoms with E-state index in [0.717, 1.165) is 11.1 Å². The monoisotopic (exact) mass is 319 g/mol. The molecule has 0 saturated carbocycles. The number of methoxy groups -OCH3 is 1. The Kier molecular flexibility index (Phi) is 5.38. The van der Waals surface area contributed by atoms with Crippen LogP contribution in [0.4, 0.5) is 0 Å². The van der Waals surface area contributed by atoms with Gasteiger partial charge in [-0.2, -0.15) is 5.26 Å². The van der Waals surface area contributed by atoms with Crippen LogP contribution >= 0.6 is 11.6 Å². The Morgan fingerprint density at radius 3 is 2.67 bits per heavy atom. The lowest BCUT2D eigenvalue weighted by Crippen LogP contribution is -2.01. The van der Waals surface area contributed by atoms with Crippen LogP contribution in [0.25, 0.3) is 0 Å². The topological polar surface area (TPSA) is 50.1 Å². The van der Waals surface area contributed by atoms with Gasteiger partial charge in [-0.05, 0) is 29.3 Å². The van der Waals surface area contributed by atoms with E-state index in [4.69, 9.17) is 21.6 Å². The van der Waals surface area contributed by atoms with E-state index in [9.17, 15) is 4.21 Å². The summed E-state index contributed by atoms with van der Waals surface area (Å²) in [6.07, 6.45) is 0. The fourth-order valence-electron chi connectivity index (χ4n) is 1.96. The van der Waals surface area contributed by atoms with Crippen molar-refractivity contribution in [1.29, 1.82) is 5.26 Å². The minimum absolute atomic E-state index is 0.379. The van der Waals surface area contributed by atoms with E-state index in [2.05, 4.69) is 6.07 Å². The molecule has 1 atom stereocenters. The maximum Gasteiger partial charge on any atom is 0.136 e.